The molecule has 0 aliphatic heterocycles. The molecular formula is C8H8ClF3N2O2. The van der Waals surface area contributed by atoms with Crippen molar-refractivity contribution in [3.63, 3.8) is 0 Å². The molecule has 1 N–H and O–H groups in total. The van der Waals surface area contributed by atoms with Gasteiger partial charge >= 0.3 is 6.18 Å². The smallest absolute Gasteiger partial charge is 0.364 e. The Bertz CT molecular complexity index is 376. The summed E-state index contributed by atoms with van der Waals surface area (Å²) in [6.45, 7) is 1.09. The van der Waals surface area contributed by atoms with Gasteiger partial charge in [-0.15, -0.1) is 11.6 Å². The summed E-state index contributed by atoms with van der Waals surface area (Å²) in [5.74, 6) is -0.559. The summed E-state index contributed by atoms with van der Waals surface area (Å²) >= 11 is 5.42. The molecular weight excluding hydrogens is 249 g/mol. The van der Waals surface area contributed by atoms with Gasteiger partial charge in [0.2, 0.25) is 5.91 Å². The van der Waals surface area contributed by atoms with Gasteiger partial charge in [-0.05, 0) is 6.92 Å². The van der Waals surface area contributed by atoms with E-state index in [2.05, 4.69) is 15.0 Å². The van der Waals surface area contributed by atoms with Crippen LogP contribution in [0.2, 0.25) is 0 Å². The highest BCUT2D eigenvalue weighted by atomic mass is 35.5. The maximum atomic E-state index is 12.3. The summed E-state index contributed by atoms with van der Waals surface area (Å²) in [7, 11) is 0. The third-order valence-electron chi connectivity index (χ3n) is 1.73. The van der Waals surface area contributed by atoms with Crippen LogP contribution in [0.15, 0.2) is 10.8 Å². The quantitative estimate of drug-likeness (QED) is 0.841. The van der Waals surface area contributed by atoms with Gasteiger partial charge in [-0.1, -0.05) is 5.16 Å². The van der Waals surface area contributed by atoms with Crippen LogP contribution in [0.3, 0.4) is 0 Å². The zero-order valence-electron chi connectivity index (χ0n) is 8.14. The summed E-state index contributed by atoms with van der Waals surface area (Å²) < 4.78 is 41.1. The maximum Gasteiger partial charge on any atom is 0.437 e. The minimum atomic E-state index is -4.60. The SMILES string of the molecule is CC(Cl)C(=O)NCc1conc1C(F)(F)F. The van der Waals surface area contributed by atoms with Crippen molar-refractivity contribution in [2.45, 2.75) is 25.0 Å². The molecule has 0 saturated carbocycles. The number of amides is 1. The number of hydrogen-bond acceptors (Lipinski definition) is 3. The lowest BCUT2D eigenvalue weighted by atomic mass is 10.2. The third kappa shape index (κ3) is 3.13. The number of alkyl halides is 4. The van der Waals surface area contributed by atoms with Crippen LogP contribution in [-0.4, -0.2) is 16.4 Å². The summed E-state index contributed by atoms with van der Waals surface area (Å²) in [4.78, 5) is 11.0. The molecule has 0 aliphatic carbocycles. The molecule has 0 fully saturated rings. The van der Waals surface area contributed by atoms with Gasteiger partial charge in [0.05, 0.1) is 0 Å². The highest BCUT2D eigenvalue weighted by molar-refractivity contribution is 6.30. The Morgan fingerprint density at radius 3 is 2.81 bits per heavy atom. The molecule has 1 aromatic heterocycles. The second-order valence-corrected chi connectivity index (χ2v) is 3.67. The van der Waals surface area contributed by atoms with E-state index in [1.807, 2.05) is 0 Å². The average Bonchev–Trinajstić information content (AvgIpc) is 2.60. The van der Waals surface area contributed by atoms with Crippen molar-refractivity contribution in [2.75, 3.05) is 0 Å². The lowest BCUT2D eigenvalue weighted by Crippen LogP contribution is -2.29. The molecule has 0 radical (unpaired) electrons. The molecule has 1 unspecified atom stereocenters. The fourth-order valence-corrected chi connectivity index (χ4v) is 1.02. The van der Waals surface area contributed by atoms with Crippen LogP contribution in [0.4, 0.5) is 13.2 Å². The molecule has 1 aromatic rings. The zero-order valence-corrected chi connectivity index (χ0v) is 8.89. The number of rotatable bonds is 3. The molecule has 0 spiro atoms. The zero-order chi connectivity index (χ0) is 12.3. The largest absolute Gasteiger partial charge is 0.437 e. The van der Waals surface area contributed by atoms with Gasteiger partial charge in [0.15, 0.2) is 5.69 Å². The topological polar surface area (TPSA) is 55.1 Å². The molecule has 1 heterocycles. The molecule has 1 amide bonds. The van der Waals surface area contributed by atoms with E-state index in [1.165, 1.54) is 6.92 Å². The Balaban J connectivity index is 2.69. The van der Waals surface area contributed by atoms with Crippen LogP contribution in [0.25, 0.3) is 0 Å². The lowest BCUT2D eigenvalue weighted by molar-refractivity contribution is -0.143. The lowest BCUT2D eigenvalue weighted by Gasteiger charge is -2.07. The van der Waals surface area contributed by atoms with Gasteiger partial charge in [0, 0.05) is 12.1 Å². The highest BCUT2D eigenvalue weighted by Gasteiger charge is 2.37. The minimum Gasteiger partial charge on any atom is -0.364 e. The van der Waals surface area contributed by atoms with E-state index in [0.29, 0.717) is 0 Å². The summed E-state index contributed by atoms with van der Waals surface area (Å²) in [5.41, 5.74) is -1.38. The first-order chi connectivity index (χ1) is 7.32. The molecule has 0 bridgehead atoms. The van der Waals surface area contributed by atoms with Gasteiger partial charge in [0.1, 0.15) is 11.6 Å². The van der Waals surface area contributed by atoms with Crippen molar-refractivity contribution in [3.8, 4) is 0 Å². The van der Waals surface area contributed by atoms with E-state index in [9.17, 15) is 18.0 Å². The standard InChI is InChI=1S/C8H8ClF3N2O2/c1-4(9)7(15)13-2-5-3-16-14-6(5)8(10,11)12/h3-4H,2H2,1H3,(H,13,15). The summed E-state index contributed by atoms with van der Waals surface area (Å²) in [5, 5.41) is 4.24. The number of nitrogens with one attached hydrogen (secondary N) is 1. The summed E-state index contributed by atoms with van der Waals surface area (Å²) in [6, 6.07) is 0. The predicted octanol–water partition coefficient (Wildman–Crippen LogP) is 1.94. The second-order valence-electron chi connectivity index (χ2n) is 3.02. The van der Waals surface area contributed by atoms with Crippen LogP contribution >= 0.6 is 11.6 Å². The number of aromatic nitrogens is 1. The van der Waals surface area contributed by atoms with E-state index in [1.54, 1.807) is 0 Å². The molecule has 0 aliphatic rings. The number of carbonyl (C=O) groups is 1. The van der Waals surface area contributed by atoms with E-state index in [4.69, 9.17) is 11.6 Å². The fraction of sp³-hybridized carbons (Fsp3) is 0.500. The van der Waals surface area contributed by atoms with E-state index < -0.39 is 23.2 Å². The van der Waals surface area contributed by atoms with Crippen molar-refractivity contribution in [1.29, 1.82) is 0 Å². The first kappa shape index (κ1) is 12.8. The molecule has 4 nitrogen and oxygen atoms in total. The molecule has 1 rings (SSSR count). The van der Waals surface area contributed by atoms with Gasteiger partial charge in [-0.3, -0.25) is 4.79 Å². The minimum absolute atomic E-state index is 0.238. The van der Waals surface area contributed by atoms with Crippen molar-refractivity contribution in [3.05, 3.63) is 17.5 Å². The number of carbonyl (C=O) groups excluding carboxylic acids is 1. The van der Waals surface area contributed by atoms with E-state index in [0.717, 1.165) is 6.26 Å². The Hall–Kier alpha value is -1.24. The Kier molecular flexibility index (Phi) is 3.79. The number of nitrogens with zero attached hydrogens (tertiary/aromatic N) is 1. The van der Waals surface area contributed by atoms with Gasteiger partial charge in [-0.25, -0.2) is 0 Å². The average molecular weight is 257 g/mol. The van der Waals surface area contributed by atoms with Crippen molar-refractivity contribution >= 4 is 17.5 Å². The first-order valence-electron chi connectivity index (χ1n) is 4.24. The molecule has 90 valence electrons. The molecule has 0 saturated heterocycles. The summed E-state index contributed by atoms with van der Waals surface area (Å²) in [6.07, 6.45) is -3.76. The van der Waals surface area contributed by atoms with Crippen molar-refractivity contribution < 1.29 is 22.5 Å². The normalized spacial score (nSPS) is 13.6. The molecule has 1 atom stereocenters. The Morgan fingerprint density at radius 2 is 2.31 bits per heavy atom. The van der Waals surface area contributed by atoms with Crippen LogP contribution < -0.4 is 5.32 Å². The third-order valence-corrected chi connectivity index (χ3v) is 1.92. The monoisotopic (exact) mass is 256 g/mol. The van der Waals surface area contributed by atoms with Gasteiger partial charge in [0.25, 0.3) is 0 Å². The second kappa shape index (κ2) is 4.73. The van der Waals surface area contributed by atoms with Crippen molar-refractivity contribution in [2.24, 2.45) is 0 Å². The first-order valence-corrected chi connectivity index (χ1v) is 4.68. The predicted molar refractivity (Wildman–Crippen MR) is 48.7 cm³/mol. The molecule has 16 heavy (non-hydrogen) atoms. The Labute approximate surface area is 93.7 Å². The van der Waals surface area contributed by atoms with Crippen LogP contribution in [0.1, 0.15) is 18.2 Å². The van der Waals surface area contributed by atoms with Gasteiger partial charge < -0.3 is 9.84 Å². The molecule has 0 aromatic carbocycles. The number of halogens is 4. The fourth-order valence-electron chi connectivity index (χ4n) is 0.939. The Morgan fingerprint density at radius 1 is 1.69 bits per heavy atom. The van der Waals surface area contributed by atoms with Crippen molar-refractivity contribution in [1.82, 2.24) is 10.5 Å². The maximum absolute atomic E-state index is 12.3. The molecule has 8 heteroatoms. The highest BCUT2D eigenvalue weighted by Crippen LogP contribution is 2.30. The van der Waals surface area contributed by atoms with Gasteiger partial charge in [-0.2, -0.15) is 13.2 Å². The van der Waals surface area contributed by atoms with Crippen LogP contribution in [-0.2, 0) is 17.5 Å². The van der Waals surface area contributed by atoms with E-state index in [-0.39, 0.29) is 12.1 Å². The van der Waals surface area contributed by atoms with E-state index >= 15 is 0 Å². The number of hydrogen-bond donors (Lipinski definition) is 1. The van der Waals surface area contributed by atoms with Crippen LogP contribution in [0, 0.1) is 0 Å². The van der Waals surface area contributed by atoms with Crippen LogP contribution in [0.5, 0.6) is 0 Å².